The first kappa shape index (κ1) is 13.2. The van der Waals surface area contributed by atoms with Gasteiger partial charge in [0.2, 0.25) is 0 Å². The maximum atomic E-state index is 12.2. The van der Waals surface area contributed by atoms with E-state index in [0.29, 0.717) is 16.3 Å². The number of amides is 1. The van der Waals surface area contributed by atoms with Crippen molar-refractivity contribution in [1.29, 1.82) is 0 Å². The highest BCUT2D eigenvalue weighted by Gasteiger charge is 2.14. The molecule has 1 aromatic heterocycles. The number of rotatable bonds is 2. The van der Waals surface area contributed by atoms with Gasteiger partial charge in [0.05, 0.1) is 10.7 Å². The standard InChI is InChI=1S/C15H9BrClNO2/c16-10-4-3-7-13-9(10)8-14(20-13)15(19)18-12-6-2-1-5-11(12)17/h1-8H,(H,18,19). The van der Waals surface area contributed by atoms with E-state index in [2.05, 4.69) is 21.2 Å². The normalized spacial score (nSPS) is 10.7. The van der Waals surface area contributed by atoms with Crippen molar-refractivity contribution in [2.45, 2.75) is 0 Å². The molecule has 20 heavy (non-hydrogen) atoms. The molecule has 3 rings (SSSR count). The van der Waals surface area contributed by atoms with E-state index < -0.39 is 0 Å². The molecule has 2 aromatic carbocycles. The first-order valence-electron chi connectivity index (χ1n) is 5.89. The van der Waals surface area contributed by atoms with Gasteiger partial charge in [0.1, 0.15) is 5.58 Å². The highest BCUT2D eigenvalue weighted by atomic mass is 79.9. The van der Waals surface area contributed by atoms with Crippen LogP contribution in [0.25, 0.3) is 11.0 Å². The second kappa shape index (κ2) is 5.31. The number of hydrogen-bond donors (Lipinski definition) is 1. The number of furan rings is 1. The van der Waals surface area contributed by atoms with Gasteiger partial charge in [0.15, 0.2) is 5.76 Å². The molecular weight excluding hydrogens is 342 g/mol. The molecule has 0 aliphatic carbocycles. The van der Waals surface area contributed by atoms with Gasteiger partial charge in [-0.2, -0.15) is 0 Å². The second-order valence-electron chi connectivity index (χ2n) is 4.20. The Morgan fingerprint density at radius 1 is 1.15 bits per heavy atom. The molecule has 0 aliphatic rings. The molecule has 100 valence electrons. The van der Waals surface area contributed by atoms with Gasteiger partial charge in [-0.05, 0) is 30.3 Å². The third kappa shape index (κ3) is 2.44. The number of anilines is 1. The number of fused-ring (bicyclic) bond motifs is 1. The summed E-state index contributed by atoms with van der Waals surface area (Å²) in [7, 11) is 0. The van der Waals surface area contributed by atoms with Crippen molar-refractivity contribution in [2.24, 2.45) is 0 Å². The molecule has 3 aromatic rings. The van der Waals surface area contributed by atoms with Crippen LogP contribution in [0.5, 0.6) is 0 Å². The van der Waals surface area contributed by atoms with Crippen LogP contribution in [-0.2, 0) is 0 Å². The Balaban J connectivity index is 1.93. The fourth-order valence-corrected chi connectivity index (χ4v) is 2.53. The van der Waals surface area contributed by atoms with Crippen molar-refractivity contribution in [1.82, 2.24) is 0 Å². The summed E-state index contributed by atoms with van der Waals surface area (Å²) in [5.41, 5.74) is 1.21. The summed E-state index contributed by atoms with van der Waals surface area (Å²) in [6.07, 6.45) is 0. The van der Waals surface area contributed by atoms with Gasteiger partial charge in [-0.1, -0.05) is 45.7 Å². The lowest BCUT2D eigenvalue weighted by atomic mass is 10.2. The molecule has 0 fully saturated rings. The predicted octanol–water partition coefficient (Wildman–Crippen LogP) is 5.10. The summed E-state index contributed by atoms with van der Waals surface area (Å²) >= 11 is 9.43. The number of carbonyl (C=O) groups excluding carboxylic acids is 1. The predicted molar refractivity (Wildman–Crippen MR) is 83.3 cm³/mol. The van der Waals surface area contributed by atoms with E-state index in [0.717, 1.165) is 9.86 Å². The van der Waals surface area contributed by atoms with Crippen LogP contribution in [0.4, 0.5) is 5.69 Å². The van der Waals surface area contributed by atoms with Crippen molar-refractivity contribution in [2.75, 3.05) is 5.32 Å². The van der Waals surface area contributed by atoms with Crippen LogP contribution >= 0.6 is 27.5 Å². The van der Waals surface area contributed by atoms with Gasteiger partial charge >= 0.3 is 0 Å². The van der Waals surface area contributed by atoms with Gasteiger partial charge < -0.3 is 9.73 Å². The maximum absolute atomic E-state index is 12.2. The van der Waals surface area contributed by atoms with Crippen LogP contribution in [0.1, 0.15) is 10.6 Å². The largest absolute Gasteiger partial charge is 0.451 e. The first-order valence-corrected chi connectivity index (χ1v) is 7.06. The SMILES string of the molecule is O=C(Nc1ccccc1Cl)c1cc2c(Br)cccc2o1. The molecule has 3 nitrogen and oxygen atoms in total. The van der Waals surface area contributed by atoms with Crippen molar-refractivity contribution in [3.05, 3.63) is 63.8 Å². The van der Waals surface area contributed by atoms with Gasteiger partial charge in [-0.15, -0.1) is 0 Å². The highest BCUT2D eigenvalue weighted by molar-refractivity contribution is 9.10. The Bertz CT molecular complexity index is 797. The average molecular weight is 351 g/mol. The van der Waals surface area contributed by atoms with Crippen LogP contribution in [0.3, 0.4) is 0 Å². The molecule has 0 saturated heterocycles. The van der Waals surface area contributed by atoms with E-state index in [1.54, 1.807) is 30.3 Å². The number of para-hydroxylation sites is 1. The van der Waals surface area contributed by atoms with Crippen molar-refractivity contribution < 1.29 is 9.21 Å². The summed E-state index contributed by atoms with van der Waals surface area (Å²) in [6, 6.07) is 14.3. The lowest BCUT2D eigenvalue weighted by Crippen LogP contribution is -2.10. The summed E-state index contributed by atoms with van der Waals surface area (Å²) in [5.74, 6) is -0.0898. The molecule has 0 spiro atoms. The molecule has 0 unspecified atom stereocenters. The summed E-state index contributed by atoms with van der Waals surface area (Å²) in [6.45, 7) is 0. The third-order valence-electron chi connectivity index (χ3n) is 2.85. The Morgan fingerprint density at radius 2 is 1.95 bits per heavy atom. The lowest BCUT2D eigenvalue weighted by molar-refractivity contribution is 0.0998. The minimum absolute atomic E-state index is 0.242. The zero-order valence-electron chi connectivity index (χ0n) is 10.2. The number of hydrogen-bond acceptors (Lipinski definition) is 2. The van der Waals surface area contributed by atoms with Crippen LogP contribution in [-0.4, -0.2) is 5.91 Å². The van der Waals surface area contributed by atoms with E-state index in [1.807, 2.05) is 18.2 Å². The van der Waals surface area contributed by atoms with E-state index in [-0.39, 0.29) is 11.7 Å². The molecule has 0 bridgehead atoms. The van der Waals surface area contributed by atoms with Crippen LogP contribution in [0.15, 0.2) is 57.4 Å². The molecule has 0 saturated carbocycles. The van der Waals surface area contributed by atoms with Crippen LogP contribution < -0.4 is 5.32 Å². The highest BCUT2D eigenvalue weighted by Crippen LogP contribution is 2.28. The van der Waals surface area contributed by atoms with Gasteiger partial charge in [-0.25, -0.2) is 0 Å². The fraction of sp³-hybridized carbons (Fsp3) is 0. The topological polar surface area (TPSA) is 42.2 Å². The van der Waals surface area contributed by atoms with Crippen molar-refractivity contribution in [3.8, 4) is 0 Å². The van der Waals surface area contributed by atoms with E-state index in [9.17, 15) is 4.79 Å². The number of halogens is 2. The minimum atomic E-state index is -0.332. The number of nitrogens with one attached hydrogen (secondary N) is 1. The molecule has 0 aliphatic heterocycles. The average Bonchev–Trinajstić information content (AvgIpc) is 2.87. The number of carbonyl (C=O) groups is 1. The third-order valence-corrected chi connectivity index (χ3v) is 3.88. The molecular formula is C15H9BrClNO2. The van der Waals surface area contributed by atoms with Gasteiger partial charge in [-0.3, -0.25) is 4.79 Å². The Labute approximate surface area is 128 Å². The maximum Gasteiger partial charge on any atom is 0.291 e. The molecule has 0 atom stereocenters. The Hall–Kier alpha value is -1.78. The number of benzene rings is 2. The van der Waals surface area contributed by atoms with Crippen molar-refractivity contribution >= 4 is 50.1 Å². The fourth-order valence-electron chi connectivity index (χ4n) is 1.88. The zero-order chi connectivity index (χ0) is 14.1. The lowest BCUT2D eigenvalue weighted by Gasteiger charge is -2.04. The monoisotopic (exact) mass is 349 g/mol. The first-order chi connectivity index (χ1) is 9.65. The van der Waals surface area contributed by atoms with E-state index in [1.165, 1.54) is 0 Å². The summed E-state index contributed by atoms with van der Waals surface area (Å²) < 4.78 is 6.42. The molecule has 1 N–H and O–H groups in total. The smallest absolute Gasteiger partial charge is 0.291 e. The summed E-state index contributed by atoms with van der Waals surface area (Å²) in [5, 5.41) is 4.07. The summed E-state index contributed by atoms with van der Waals surface area (Å²) in [4.78, 5) is 12.2. The zero-order valence-corrected chi connectivity index (χ0v) is 12.5. The quantitative estimate of drug-likeness (QED) is 0.698. The molecule has 0 radical (unpaired) electrons. The molecule has 1 amide bonds. The minimum Gasteiger partial charge on any atom is -0.451 e. The molecule has 1 heterocycles. The van der Waals surface area contributed by atoms with Crippen LogP contribution in [0.2, 0.25) is 5.02 Å². The van der Waals surface area contributed by atoms with Crippen LogP contribution in [0, 0.1) is 0 Å². The Kier molecular flexibility index (Phi) is 3.51. The molecule has 5 heteroatoms. The van der Waals surface area contributed by atoms with Crippen molar-refractivity contribution in [3.63, 3.8) is 0 Å². The Morgan fingerprint density at radius 3 is 2.70 bits per heavy atom. The second-order valence-corrected chi connectivity index (χ2v) is 5.46. The van der Waals surface area contributed by atoms with E-state index >= 15 is 0 Å². The van der Waals surface area contributed by atoms with Gasteiger partial charge in [0, 0.05) is 9.86 Å². The van der Waals surface area contributed by atoms with E-state index in [4.69, 9.17) is 16.0 Å². The van der Waals surface area contributed by atoms with Gasteiger partial charge in [0.25, 0.3) is 5.91 Å².